The lowest BCUT2D eigenvalue weighted by Crippen LogP contribution is -2.27. The lowest BCUT2D eigenvalue weighted by molar-refractivity contribution is -0.119. The van der Waals surface area contributed by atoms with Gasteiger partial charge in [-0.25, -0.2) is 0 Å². The number of anilines is 1. The zero-order valence-corrected chi connectivity index (χ0v) is 14.7. The molecule has 0 radical (unpaired) electrons. The van der Waals surface area contributed by atoms with Crippen LogP contribution in [0.1, 0.15) is 35.3 Å². The van der Waals surface area contributed by atoms with Crippen molar-refractivity contribution in [2.75, 3.05) is 19.0 Å². The van der Waals surface area contributed by atoms with Gasteiger partial charge in [0, 0.05) is 12.2 Å². The van der Waals surface area contributed by atoms with Gasteiger partial charge in [-0.15, -0.1) is 0 Å². The molecule has 0 aromatic heterocycles. The van der Waals surface area contributed by atoms with Crippen LogP contribution in [0.3, 0.4) is 0 Å². The first-order valence-electron chi connectivity index (χ1n) is 8.29. The van der Waals surface area contributed by atoms with E-state index < -0.39 is 5.41 Å². The Morgan fingerprint density at radius 2 is 1.96 bits per heavy atom. The first kappa shape index (κ1) is 17.0. The standard InChI is InChI=1S/C20H22N2O3/c1-20(2)15-12-13(8-9-16(15)22-19(20)24)10-11-21-18(23)14-6-4-5-7-17(14)25-3/h4-9,12H,10-11H2,1-3H3,(H,21,23)(H,22,24). The van der Waals surface area contributed by atoms with Crippen LogP contribution in [-0.2, 0) is 16.6 Å². The van der Waals surface area contributed by atoms with Crippen molar-refractivity contribution in [3.05, 3.63) is 59.2 Å². The number of hydrogen-bond donors (Lipinski definition) is 2. The van der Waals surface area contributed by atoms with Crippen LogP contribution >= 0.6 is 0 Å². The number of rotatable bonds is 5. The van der Waals surface area contributed by atoms with Gasteiger partial charge < -0.3 is 15.4 Å². The Morgan fingerprint density at radius 3 is 2.72 bits per heavy atom. The normalized spacial score (nSPS) is 14.6. The van der Waals surface area contributed by atoms with Crippen LogP contribution in [0, 0.1) is 0 Å². The maximum Gasteiger partial charge on any atom is 0.255 e. The van der Waals surface area contributed by atoms with Gasteiger partial charge in [-0.05, 0) is 49.6 Å². The number of ether oxygens (including phenoxy) is 1. The van der Waals surface area contributed by atoms with Crippen LogP contribution in [-0.4, -0.2) is 25.5 Å². The number of fused-ring (bicyclic) bond motifs is 1. The molecule has 1 aliphatic heterocycles. The van der Waals surface area contributed by atoms with Gasteiger partial charge in [0.1, 0.15) is 5.75 Å². The fourth-order valence-electron chi connectivity index (χ4n) is 3.02. The third-order valence-electron chi connectivity index (χ3n) is 4.62. The SMILES string of the molecule is COc1ccccc1C(=O)NCCc1ccc2c(c1)C(C)(C)C(=O)N2. The molecule has 0 unspecified atom stereocenters. The summed E-state index contributed by atoms with van der Waals surface area (Å²) in [7, 11) is 1.55. The van der Waals surface area contributed by atoms with Crippen molar-refractivity contribution in [3.63, 3.8) is 0 Å². The van der Waals surface area contributed by atoms with Crippen LogP contribution in [0.25, 0.3) is 0 Å². The van der Waals surface area contributed by atoms with E-state index in [1.807, 2.05) is 44.2 Å². The quantitative estimate of drug-likeness (QED) is 0.881. The fraction of sp³-hybridized carbons (Fsp3) is 0.300. The number of benzene rings is 2. The van der Waals surface area contributed by atoms with Crippen molar-refractivity contribution in [2.45, 2.75) is 25.7 Å². The Morgan fingerprint density at radius 1 is 1.20 bits per heavy atom. The van der Waals surface area contributed by atoms with Gasteiger partial charge in [0.05, 0.1) is 18.1 Å². The molecule has 1 heterocycles. The third kappa shape index (κ3) is 3.22. The molecule has 0 saturated carbocycles. The molecular weight excluding hydrogens is 316 g/mol. The van der Waals surface area contributed by atoms with Crippen LogP contribution in [0.15, 0.2) is 42.5 Å². The average molecular weight is 338 g/mol. The van der Waals surface area contributed by atoms with E-state index in [9.17, 15) is 9.59 Å². The van der Waals surface area contributed by atoms with Crippen molar-refractivity contribution in [2.24, 2.45) is 0 Å². The number of carbonyl (C=O) groups is 2. The van der Waals surface area contributed by atoms with Crippen molar-refractivity contribution in [3.8, 4) is 5.75 Å². The van der Waals surface area contributed by atoms with E-state index in [4.69, 9.17) is 4.74 Å². The maximum atomic E-state index is 12.3. The van der Waals surface area contributed by atoms with Gasteiger partial charge in [-0.3, -0.25) is 9.59 Å². The van der Waals surface area contributed by atoms with Crippen molar-refractivity contribution in [1.29, 1.82) is 0 Å². The van der Waals surface area contributed by atoms with Gasteiger partial charge in [0.15, 0.2) is 0 Å². The second-order valence-corrected chi connectivity index (χ2v) is 6.67. The van der Waals surface area contributed by atoms with E-state index in [1.165, 1.54) is 0 Å². The molecule has 0 bridgehead atoms. The van der Waals surface area contributed by atoms with Gasteiger partial charge in [-0.1, -0.05) is 24.3 Å². The molecular formula is C20H22N2O3. The summed E-state index contributed by atoms with van der Waals surface area (Å²) in [4.78, 5) is 24.3. The summed E-state index contributed by atoms with van der Waals surface area (Å²) in [5.74, 6) is 0.420. The molecule has 2 N–H and O–H groups in total. The molecule has 2 aromatic carbocycles. The second kappa shape index (κ2) is 6.59. The predicted molar refractivity (Wildman–Crippen MR) is 97.1 cm³/mol. The summed E-state index contributed by atoms with van der Waals surface area (Å²) < 4.78 is 5.21. The zero-order chi connectivity index (χ0) is 18.0. The minimum atomic E-state index is -0.522. The van der Waals surface area contributed by atoms with Gasteiger partial charge in [0.25, 0.3) is 5.91 Å². The highest BCUT2D eigenvalue weighted by molar-refractivity contribution is 6.05. The molecule has 2 amide bonds. The second-order valence-electron chi connectivity index (χ2n) is 6.67. The van der Waals surface area contributed by atoms with Crippen molar-refractivity contribution < 1.29 is 14.3 Å². The Hall–Kier alpha value is -2.82. The number of nitrogens with one attached hydrogen (secondary N) is 2. The molecule has 1 aliphatic rings. The Balaban J connectivity index is 1.65. The summed E-state index contributed by atoms with van der Waals surface area (Å²) in [6.45, 7) is 4.35. The molecule has 0 aliphatic carbocycles. The van der Waals surface area contributed by atoms with Gasteiger partial charge in [0.2, 0.25) is 5.91 Å². The lowest BCUT2D eigenvalue weighted by Gasteiger charge is -2.16. The zero-order valence-electron chi connectivity index (χ0n) is 14.7. The summed E-state index contributed by atoms with van der Waals surface area (Å²) in [5, 5.41) is 5.82. The lowest BCUT2D eigenvalue weighted by atomic mass is 9.85. The van der Waals surface area contributed by atoms with Crippen LogP contribution in [0.2, 0.25) is 0 Å². The minimum Gasteiger partial charge on any atom is -0.496 e. The molecule has 0 saturated heterocycles. The molecule has 5 nitrogen and oxygen atoms in total. The van der Waals surface area contributed by atoms with E-state index >= 15 is 0 Å². The molecule has 0 atom stereocenters. The topological polar surface area (TPSA) is 67.4 Å². The molecule has 5 heteroatoms. The average Bonchev–Trinajstić information content (AvgIpc) is 2.84. The van der Waals surface area contributed by atoms with E-state index in [2.05, 4.69) is 10.6 Å². The molecule has 0 fully saturated rings. The first-order chi connectivity index (χ1) is 11.9. The van der Waals surface area contributed by atoms with Crippen LogP contribution < -0.4 is 15.4 Å². The fourth-order valence-corrected chi connectivity index (χ4v) is 3.02. The number of hydrogen-bond acceptors (Lipinski definition) is 3. The Labute approximate surface area is 147 Å². The smallest absolute Gasteiger partial charge is 0.255 e. The van der Waals surface area contributed by atoms with Crippen LogP contribution in [0.4, 0.5) is 5.69 Å². The maximum absolute atomic E-state index is 12.3. The minimum absolute atomic E-state index is 0.0177. The highest BCUT2D eigenvalue weighted by Crippen LogP contribution is 2.37. The number of methoxy groups -OCH3 is 1. The molecule has 2 aromatic rings. The summed E-state index contributed by atoms with van der Waals surface area (Å²) in [6, 6.07) is 13.1. The van der Waals surface area contributed by atoms with Crippen molar-refractivity contribution in [1.82, 2.24) is 5.32 Å². The number of amides is 2. The monoisotopic (exact) mass is 338 g/mol. The van der Waals surface area contributed by atoms with E-state index in [-0.39, 0.29) is 11.8 Å². The Bertz CT molecular complexity index is 827. The Kier molecular flexibility index (Phi) is 4.49. The summed E-state index contributed by atoms with van der Waals surface area (Å²) >= 11 is 0. The largest absolute Gasteiger partial charge is 0.496 e. The van der Waals surface area contributed by atoms with E-state index in [0.717, 1.165) is 16.8 Å². The third-order valence-corrected chi connectivity index (χ3v) is 4.62. The molecule has 25 heavy (non-hydrogen) atoms. The number of para-hydroxylation sites is 1. The van der Waals surface area contributed by atoms with E-state index in [1.54, 1.807) is 19.2 Å². The molecule has 3 rings (SSSR count). The first-order valence-corrected chi connectivity index (χ1v) is 8.29. The van der Waals surface area contributed by atoms with E-state index in [0.29, 0.717) is 24.3 Å². The highest BCUT2D eigenvalue weighted by Gasteiger charge is 2.38. The predicted octanol–water partition coefficient (Wildman–Crippen LogP) is 2.90. The molecule has 0 spiro atoms. The number of carbonyl (C=O) groups excluding carboxylic acids is 2. The molecule has 130 valence electrons. The highest BCUT2D eigenvalue weighted by atomic mass is 16.5. The summed E-state index contributed by atoms with van der Waals surface area (Å²) in [6.07, 6.45) is 0.693. The van der Waals surface area contributed by atoms with Gasteiger partial charge >= 0.3 is 0 Å². The van der Waals surface area contributed by atoms with Gasteiger partial charge in [-0.2, -0.15) is 0 Å². The summed E-state index contributed by atoms with van der Waals surface area (Å²) in [5.41, 5.74) is 2.97. The van der Waals surface area contributed by atoms with Crippen LogP contribution in [0.5, 0.6) is 5.75 Å². The van der Waals surface area contributed by atoms with Crippen molar-refractivity contribution >= 4 is 17.5 Å².